The number of thioether (sulfide) groups is 1. The molecule has 0 heterocycles. The first-order valence-corrected chi connectivity index (χ1v) is 7.56. The molecule has 0 amide bonds. The smallest absolute Gasteiger partial charge is 0.142 e. The summed E-state index contributed by atoms with van der Waals surface area (Å²) in [5.74, 6) is 2.31. The summed E-state index contributed by atoms with van der Waals surface area (Å²) in [6.45, 7) is 4.39. The standard InChI is InChI=1S/C13H26OS/c1-3-5-6-7-8-9-10-13(14)12-15-11-4-2/h3-12H2,1-2H3. The van der Waals surface area contributed by atoms with Gasteiger partial charge in [0, 0.05) is 6.42 Å². The van der Waals surface area contributed by atoms with Crippen LogP contribution in [0.5, 0.6) is 0 Å². The van der Waals surface area contributed by atoms with E-state index in [1.54, 1.807) is 11.8 Å². The fourth-order valence-electron chi connectivity index (χ4n) is 1.51. The first-order valence-electron chi connectivity index (χ1n) is 6.40. The van der Waals surface area contributed by atoms with E-state index in [-0.39, 0.29) is 0 Å². The van der Waals surface area contributed by atoms with Crippen molar-refractivity contribution in [2.75, 3.05) is 11.5 Å². The maximum Gasteiger partial charge on any atom is 0.142 e. The Kier molecular flexibility index (Phi) is 12.1. The van der Waals surface area contributed by atoms with Crippen molar-refractivity contribution in [3.05, 3.63) is 0 Å². The van der Waals surface area contributed by atoms with Crippen LogP contribution in [0.2, 0.25) is 0 Å². The van der Waals surface area contributed by atoms with Crippen LogP contribution in [0.15, 0.2) is 0 Å². The average Bonchev–Trinajstić information content (AvgIpc) is 2.23. The highest BCUT2D eigenvalue weighted by atomic mass is 32.2. The molecule has 0 bridgehead atoms. The topological polar surface area (TPSA) is 17.1 Å². The Bertz CT molecular complexity index is 145. The largest absolute Gasteiger partial charge is 0.299 e. The second-order valence-corrected chi connectivity index (χ2v) is 5.21. The lowest BCUT2D eigenvalue weighted by Crippen LogP contribution is -2.01. The molecule has 0 atom stereocenters. The van der Waals surface area contributed by atoms with Crippen LogP contribution in [0.25, 0.3) is 0 Å². The maximum atomic E-state index is 11.4. The van der Waals surface area contributed by atoms with Crippen LogP contribution in [0.1, 0.15) is 65.2 Å². The van der Waals surface area contributed by atoms with Gasteiger partial charge in [0.15, 0.2) is 0 Å². The summed E-state index contributed by atoms with van der Waals surface area (Å²) >= 11 is 1.78. The van der Waals surface area contributed by atoms with E-state index < -0.39 is 0 Å². The van der Waals surface area contributed by atoms with Crippen LogP contribution < -0.4 is 0 Å². The summed E-state index contributed by atoms with van der Waals surface area (Å²) in [6, 6.07) is 0. The molecule has 1 nitrogen and oxygen atoms in total. The Hall–Kier alpha value is 0.0200. The van der Waals surface area contributed by atoms with E-state index in [2.05, 4.69) is 13.8 Å². The molecule has 2 heteroatoms. The Labute approximate surface area is 99.4 Å². The van der Waals surface area contributed by atoms with Gasteiger partial charge >= 0.3 is 0 Å². The van der Waals surface area contributed by atoms with Crippen molar-refractivity contribution in [3.8, 4) is 0 Å². The van der Waals surface area contributed by atoms with Gasteiger partial charge in [-0.05, 0) is 18.6 Å². The minimum atomic E-state index is 0.448. The Morgan fingerprint density at radius 2 is 1.60 bits per heavy atom. The van der Waals surface area contributed by atoms with Crippen LogP contribution in [0, 0.1) is 0 Å². The first-order chi connectivity index (χ1) is 7.31. The maximum absolute atomic E-state index is 11.4. The Morgan fingerprint density at radius 3 is 2.27 bits per heavy atom. The van der Waals surface area contributed by atoms with E-state index >= 15 is 0 Å². The van der Waals surface area contributed by atoms with Gasteiger partial charge in [0.2, 0.25) is 0 Å². The average molecular weight is 230 g/mol. The summed E-state index contributed by atoms with van der Waals surface area (Å²) in [7, 11) is 0. The Morgan fingerprint density at radius 1 is 0.933 bits per heavy atom. The van der Waals surface area contributed by atoms with Gasteiger partial charge < -0.3 is 0 Å². The van der Waals surface area contributed by atoms with Gasteiger partial charge in [-0.1, -0.05) is 46.0 Å². The summed E-state index contributed by atoms with van der Waals surface area (Å²) in [5, 5.41) is 0. The van der Waals surface area contributed by atoms with Crippen LogP contribution in [0.3, 0.4) is 0 Å². The fraction of sp³-hybridized carbons (Fsp3) is 0.923. The van der Waals surface area contributed by atoms with Crippen LogP contribution >= 0.6 is 11.8 Å². The lowest BCUT2D eigenvalue weighted by Gasteiger charge is -2.01. The number of Topliss-reactive ketones (excluding diaryl/α,β-unsaturated/α-hetero) is 1. The second kappa shape index (κ2) is 12.1. The molecule has 0 spiro atoms. The molecule has 0 rings (SSSR count). The highest BCUT2D eigenvalue weighted by Crippen LogP contribution is 2.09. The zero-order valence-electron chi connectivity index (χ0n) is 10.4. The van der Waals surface area contributed by atoms with E-state index in [9.17, 15) is 4.79 Å². The number of hydrogen-bond acceptors (Lipinski definition) is 2. The van der Waals surface area contributed by atoms with E-state index in [0.29, 0.717) is 5.78 Å². The summed E-state index contributed by atoms with van der Waals surface area (Å²) < 4.78 is 0. The quantitative estimate of drug-likeness (QED) is 0.488. The predicted octanol–water partition coefficient (Wildman–Crippen LogP) is 4.45. The van der Waals surface area contributed by atoms with Crippen molar-refractivity contribution in [2.24, 2.45) is 0 Å². The molecular weight excluding hydrogens is 204 g/mol. The number of hydrogen-bond donors (Lipinski definition) is 0. The number of ketones is 1. The van der Waals surface area contributed by atoms with Gasteiger partial charge in [0.05, 0.1) is 5.75 Å². The van der Waals surface area contributed by atoms with E-state index in [1.807, 2.05) is 0 Å². The third-order valence-electron chi connectivity index (χ3n) is 2.42. The van der Waals surface area contributed by atoms with E-state index in [1.165, 1.54) is 38.5 Å². The number of carbonyl (C=O) groups is 1. The van der Waals surface area contributed by atoms with Crippen molar-refractivity contribution in [1.29, 1.82) is 0 Å². The third kappa shape index (κ3) is 11.9. The van der Waals surface area contributed by atoms with Crippen molar-refractivity contribution < 1.29 is 4.79 Å². The molecule has 0 saturated carbocycles. The normalized spacial score (nSPS) is 10.5. The van der Waals surface area contributed by atoms with Crippen molar-refractivity contribution >= 4 is 17.5 Å². The molecule has 0 aliphatic rings. The van der Waals surface area contributed by atoms with Crippen molar-refractivity contribution in [2.45, 2.75) is 65.2 Å². The zero-order valence-corrected chi connectivity index (χ0v) is 11.2. The Balaban J connectivity index is 3.10. The molecule has 0 unspecified atom stereocenters. The monoisotopic (exact) mass is 230 g/mol. The molecule has 90 valence electrons. The van der Waals surface area contributed by atoms with Gasteiger partial charge in [-0.15, -0.1) is 0 Å². The minimum absolute atomic E-state index is 0.448. The van der Waals surface area contributed by atoms with Crippen molar-refractivity contribution in [3.63, 3.8) is 0 Å². The minimum Gasteiger partial charge on any atom is -0.299 e. The van der Waals surface area contributed by atoms with Gasteiger partial charge in [-0.25, -0.2) is 0 Å². The summed E-state index contributed by atoms with van der Waals surface area (Å²) in [6.07, 6.45) is 9.63. The number of unbranched alkanes of at least 4 members (excludes halogenated alkanes) is 5. The number of carbonyl (C=O) groups excluding carboxylic acids is 1. The molecule has 0 radical (unpaired) electrons. The molecule has 0 N–H and O–H groups in total. The van der Waals surface area contributed by atoms with E-state index in [4.69, 9.17) is 0 Å². The van der Waals surface area contributed by atoms with Gasteiger partial charge in [0.25, 0.3) is 0 Å². The van der Waals surface area contributed by atoms with Gasteiger partial charge in [0.1, 0.15) is 5.78 Å². The fourth-order valence-corrected chi connectivity index (χ4v) is 2.31. The number of rotatable bonds is 11. The van der Waals surface area contributed by atoms with Crippen molar-refractivity contribution in [1.82, 2.24) is 0 Å². The third-order valence-corrected chi connectivity index (χ3v) is 3.64. The second-order valence-electron chi connectivity index (χ2n) is 4.11. The molecule has 0 aliphatic heterocycles. The molecular formula is C13H26OS. The lowest BCUT2D eigenvalue weighted by molar-refractivity contribution is -0.116. The molecule has 0 aliphatic carbocycles. The highest BCUT2D eigenvalue weighted by molar-refractivity contribution is 7.99. The first kappa shape index (κ1) is 15.0. The molecule has 0 aromatic heterocycles. The summed E-state index contributed by atoms with van der Waals surface area (Å²) in [4.78, 5) is 11.4. The molecule has 0 saturated heterocycles. The van der Waals surface area contributed by atoms with Crippen LogP contribution in [0.4, 0.5) is 0 Å². The van der Waals surface area contributed by atoms with Crippen LogP contribution in [-0.2, 0) is 4.79 Å². The summed E-state index contributed by atoms with van der Waals surface area (Å²) in [5.41, 5.74) is 0. The highest BCUT2D eigenvalue weighted by Gasteiger charge is 2.01. The van der Waals surface area contributed by atoms with Crippen LogP contribution in [-0.4, -0.2) is 17.3 Å². The molecule has 0 fully saturated rings. The predicted molar refractivity (Wildman–Crippen MR) is 70.6 cm³/mol. The zero-order chi connectivity index (χ0) is 11.4. The molecule has 0 aromatic carbocycles. The molecule has 15 heavy (non-hydrogen) atoms. The molecule has 0 aromatic rings. The lowest BCUT2D eigenvalue weighted by atomic mass is 10.1. The van der Waals surface area contributed by atoms with Gasteiger partial charge in [-0.3, -0.25) is 4.79 Å². The SMILES string of the molecule is CCCCCCCCC(=O)CSCCC. The van der Waals surface area contributed by atoms with Gasteiger partial charge in [-0.2, -0.15) is 11.8 Å². The van der Waals surface area contributed by atoms with E-state index in [0.717, 1.165) is 24.3 Å².